The highest BCUT2D eigenvalue weighted by atomic mass is 16.6. The summed E-state index contributed by atoms with van der Waals surface area (Å²) in [5.74, 6) is 1.92. The van der Waals surface area contributed by atoms with Crippen LogP contribution < -0.4 is 19.5 Å². The largest absolute Gasteiger partial charge is 0.507 e. The third kappa shape index (κ3) is 6.03. The molecule has 0 spiro atoms. The molecule has 1 heterocycles. The summed E-state index contributed by atoms with van der Waals surface area (Å²) < 4.78 is 31.8. The summed E-state index contributed by atoms with van der Waals surface area (Å²) in [4.78, 5) is 0. The first-order valence-electron chi connectivity index (χ1n) is 15.4. The number of likely N-dealkylation sites (N-methyl/N-ethyl adjacent to an activating group) is 1. The van der Waals surface area contributed by atoms with Gasteiger partial charge in [-0.3, -0.25) is 0 Å². The number of hydrogen-bond donors (Lipinski definition) is 2. The lowest BCUT2D eigenvalue weighted by Gasteiger charge is -2.41. The number of methoxy groups -OCH3 is 2. The van der Waals surface area contributed by atoms with Crippen LogP contribution in [0.5, 0.6) is 23.0 Å². The monoisotopic (exact) mass is 607 g/mol. The van der Waals surface area contributed by atoms with Gasteiger partial charge in [-0.25, -0.2) is 0 Å². The Hall–Kier alpha value is -4.30. The predicted octanol–water partition coefficient (Wildman–Crippen LogP) is 7.63. The van der Waals surface area contributed by atoms with Crippen LogP contribution in [0, 0.1) is 6.92 Å². The fourth-order valence-electron chi connectivity index (χ4n) is 6.63. The molecule has 0 unspecified atom stereocenters. The van der Waals surface area contributed by atoms with E-state index in [1.165, 1.54) is 0 Å². The third-order valence-electron chi connectivity index (χ3n) is 8.74. The van der Waals surface area contributed by atoms with Crippen LogP contribution in [-0.4, -0.2) is 44.6 Å². The van der Waals surface area contributed by atoms with Gasteiger partial charge in [0.1, 0.15) is 29.6 Å². The van der Waals surface area contributed by atoms with Crippen molar-refractivity contribution in [2.24, 2.45) is 0 Å². The zero-order valence-electron chi connectivity index (χ0n) is 26.5. The lowest BCUT2D eigenvalue weighted by Crippen LogP contribution is -2.51. The van der Waals surface area contributed by atoms with Gasteiger partial charge >= 0.3 is 0 Å². The number of aryl methyl sites for hydroxylation is 1. The van der Waals surface area contributed by atoms with E-state index in [1.54, 1.807) is 20.3 Å². The molecule has 7 heteroatoms. The second-order valence-electron chi connectivity index (χ2n) is 11.7. The zero-order valence-corrected chi connectivity index (χ0v) is 26.5. The van der Waals surface area contributed by atoms with Crippen LogP contribution in [0.3, 0.4) is 0 Å². The van der Waals surface area contributed by atoms with Gasteiger partial charge in [0.25, 0.3) is 0 Å². The van der Waals surface area contributed by atoms with Crippen LogP contribution in [0.25, 0.3) is 21.5 Å². The number of nitrogens with one attached hydrogen (secondary N) is 1. The summed E-state index contributed by atoms with van der Waals surface area (Å²) in [6.07, 6.45) is 0.0522. The maximum Gasteiger partial charge on any atom is 0.142 e. The summed E-state index contributed by atoms with van der Waals surface area (Å²) >= 11 is 0. The molecule has 7 nitrogen and oxygen atoms in total. The SMILES string of the molecule is CN[C@@H]1C[C@H](c2ccc(O)c3c(OC)c4c(OCc5ccccc5)cc(C)cc4c(OC)c23)O[C@H](C)[C@H]1OCc1ccccc1. The summed E-state index contributed by atoms with van der Waals surface area (Å²) in [6.45, 7) is 4.99. The van der Waals surface area contributed by atoms with Gasteiger partial charge in [0.15, 0.2) is 0 Å². The molecule has 5 aromatic rings. The standard InChI is InChI=1S/C38H41NO6/c1-23-18-28-33(32(19-23)43-21-25-12-8-6-9-13-25)38(42-5)35-30(40)17-16-27(34(35)37(28)41-4)31-20-29(39-3)36(24(2)45-31)44-22-26-14-10-7-11-15-26/h6-19,24,29,31,36,39-40H,20-22H2,1-5H3/t24-,29-,31-,36-/m1/s1. The molecule has 1 aliphatic rings. The van der Waals surface area contributed by atoms with E-state index in [4.69, 9.17) is 23.7 Å². The van der Waals surface area contributed by atoms with Crippen molar-refractivity contribution >= 4 is 21.5 Å². The van der Waals surface area contributed by atoms with E-state index in [-0.39, 0.29) is 30.1 Å². The molecule has 0 aromatic heterocycles. The Morgan fingerprint density at radius 2 is 1.49 bits per heavy atom. The Morgan fingerprint density at radius 3 is 2.13 bits per heavy atom. The Morgan fingerprint density at radius 1 is 0.822 bits per heavy atom. The molecule has 1 aliphatic heterocycles. The Kier molecular flexibility index (Phi) is 9.12. The van der Waals surface area contributed by atoms with Crippen molar-refractivity contribution < 1.29 is 28.8 Å². The van der Waals surface area contributed by atoms with Gasteiger partial charge in [-0.2, -0.15) is 0 Å². The smallest absolute Gasteiger partial charge is 0.142 e. The minimum atomic E-state index is -0.285. The van der Waals surface area contributed by atoms with Gasteiger partial charge in [0.2, 0.25) is 0 Å². The second kappa shape index (κ2) is 13.4. The molecule has 1 fully saturated rings. The number of benzene rings is 5. The van der Waals surface area contributed by atoms with Crippen LogP contribution >= 0.6 is 0 Å². The molecule has 1 saturated heterocycles. The first-order chi connectivity index (χ1) is 21.9. The van der Waals surface area contributed by atoms with Gasteiger partial charge in [-0.05, 0) is 67.8 Å². The molecule has 0 radical (unpaired) electrons. The molecule has 4 atom stereocenters. The van der Waals surface area contributed by atoms with Crippen LogP contribution in [0.15, 0.2) is 84.9 Å². The molecule has 0 saturated carbocycles. The minimum absolute atomic E-state index is 0.0416. The van der Waals surface area contributed by atoms with Crippen LogP contribution in [-0.2, 0) is 22.7 Å². The van der Waals surface area contributed by atoms with Crippen molar-refractivity contribution in [1.29, 1.82) is 0 Å². The number of fused-ring (bicyclic) bond motifs is 2. The number of phenolic OH excluding ortho intramolecular Hbond substituents is 1. The maximum atomic E-state index is 11.4. The lowest BCUT2D eigenvalue weighted by molar-refractivity contribution is -0.151. The number of hydrogen-bond acceptors (Lipinski definition) is 7. The van der Waals surface area contributed by atoms with Crippen LogP contribution in [0.2, 0.25) is 0 Å². The Labute approximate surface area is 264 Å². The van der Waals surface area contributed by atoms with E-state index >= 15 is 0 Å². The van der Waals surface area contributed by atoms with Gasteiger partial charge in [0, 0.05) is 16.8 Å². The molecule has 0 bridgehead atoms. The van der Waals surface area contributed by atoms with Gasteiger partial charge in [0.05, 0.1) is 49.9 Å². The lowest BCUT2D eigenvalue weighted by atomic mass is 9.87. The number of aromatic hydroxyl groups is 1. The fourth-order valence-corrected chi connectivity index (χ4v) is 6.63. The predicted molar refractivity (Wildman–Crippen MR) is 178 cm³/mol. The average Bonchev–Trinajstić information content (AvgIpc) is 3.06. The van der Waals surface area contributed by atoms with Crippen LogP contribution in [0.1, 0.15) is 41.7 Å². The quantitative estimate of drug-likeness (QED) is 0.158. The molecular weight excluding hydrogens is 566 g/mol. The molecule has 5 aromatic carbocycles. The van der Waals surface area contributed by atoms with E-state index in [1.807, 2.05) is 74.6 Å². The number of ether oxygens (including phenoxy) is 5. The topological polar surface area (TPSA) is 78.4 Å². The van der Waals surface area contributed by atoms with Crippen molar-refractivity contribution in [2.45, 2.75) is 57.8 Å². The maximum absolute atomic E-state index is 11.4. The van der Waals surface area contributed by atoms with E-state index in [0.29, 0.717) is 42.3 Å². The normalized spacial score (nSPS) is 19.9. The van der Waals surface area contributed by atoms with E-state index in [2.05, 4.69) is 30.4 Å². The summed E-state index contributed by atoms with van der Waals surface area (Å²) in [5, 5.41) is 17.7. The molecule has 2 N–H and O–H groups in total. The van der Waals surface area contributed by atoms with E-state index < -0.39 is 0 Å². The summed E-state index contributed by atoms with van der Waals surface area (Å²) in [6, 6.07) is 28.0. The summed E-state index contributed by atoms with van der Waals surface area (Å²) in [5.41, 5.74) is 4.11. The van der Waals surface area contributed by atoms with E-state index in [9.17, 15) is 5.11 Å². The first kappa shape index (κ1) is 30.7. The van der Waals surface area contributed by atoms with Gasteiger partial charge in [-0.15, -0.1) is 0 Å². The zero-order chi connectivity index (χ0) is 31.5. The van der Waals surface area contributed by atoms with Crippen molar-refractivity contribution in [1.82, 2.24) is 5.32 Å². The highest BCUT2D eigenvalue weighted by molar-refractivity contribution is 6.16. The second-order valence-corrected chi connectivity index (χ2v) is 11.7. The molecule has 0 aliphatic carbocycles. The highest BCUT2D eigenvalue weighted by Crippen LogP contribution is 2.52. The van der Waals surface area contributed by atoms with Crippen molar-refractivity contribution in [3.63, 3.8) is 0 Å². The first-order valence-corrected chi connectivity index (χ1v) is 15.4. The van der Waals surface area contributed by atoms with Crippen molar-refractivity contribution in [3.05, 3.63) is 107 Å². The van der Waals surface area contributed by atoms with Gasteiger partial charge in [-0.1, -0.05) is 66.7 Å². The number of rotatable bonds is 10. The Bertz CT molecular complexity index is 1770. The molecule has 6 rings (SSSR count). The average molecular weight is 608 g/mol. The molecule has 234 valence electrons. The molecule has 0 amide bonds. The molecule has 45 heavy (non-hydrogen) atoms. The minimum Gasteiger partial charge on any atom is -0.507 e. The van der Waals surface area contributed by atoms with Crippen LogP contribution in [0.4, 0.5) is 0 Å². The third-order valence-corrected chi connectivity index (χ3v) is 8.74. The summed E-state index contributed by atoms with van der Waals surface area (Å²) in [7, 11) is 5.25. The Balaban J connectivity index is 1.43. The van der Waals surface area contributed by atoms with Crippen molar-refractivity contribution in [2.75, 3.05) is 21.3 Å². The molecular formula is C38H41NO6. The van der Waals surface area contributed by atoms with Crippen molar-refractivity contribution in [3.8, 4) is 23.0 Å². The number of phenols is 1. The fraction of sp³-hybridized carbons (Fsp3) is 0.316. The van der Waals surface area contributed by atoms with E-state index in [0.717, 1.165) is 38.4 Å². The highest BCUT2D eigenvalue weighted by Gasteiger charge is 2.38. The van der Waals surface area contributed by atoms with Gasteiger partial charge < -0.3 is 34.1 Å².